The van der Waals surface area contributed by atoms with Crippen LogP contribution in [0.5, 0.6) is 0 Å². The number of halogens is 1. The summed E-state index contributed by atoms with van der Waals surface area (Å²) in [6.07, 6.45) is 5.02. The van der Waals surface area contributed by atoms with Crippen LogP contribution in [0, 0.1) is 17.1 Å². The predicted octanol–water partition coefficient (Wildman–Crippen LogP) is 5.51. The lowest BCUT2D eigenvalue weighted by Gasteiger charge is -2.19. The normalized spacial score (nSPS) is 13.6. The van der Waals surface area contributed by atoms with Crippen molar-refractivity contribution >= 4 is 38.6 Å². The van der Waals surface area contributed by atoms with Crippen LogP contribution in [-0.2, 0) is 0 Å². The van der Waals surface area contributed by atoms with Crippen molar-refractivity contribution in [1.82, 2.24) is 15.3 Å². The molecule has 0 saturated carbocycles. The van der Waals surface area contributed by atoms with E-state index in [1.807, 2.05) is 18.0 Å². The molecule has 0 unspecified atom stereocenters. The van der Waals surface area contributed by atoms with E-state index < -0.39 is 0 Å². The molecular weight excluding hydrogens is 421 g/mol. The molecule has 0 saturated heterocycles. The molecule has 32 heavy (non-hydrogen) atoms. The lowest BCUT2D eigenvalue weighted by molar-refractivity contribution is 0.628. The number of hydrogen-bond acceptors (Lipinski definition) is 6. The van der Waals surface area contributed by atoms with Crippen molar-refractivity contribution in [1.29, 1.82) is 5.26 Å². The molecule has 4 aromatic rings. The fourth-order valence-electron chi connectivity index (χ4n) is 3.94. The first-order valence-corrected chi connectivity index (χ1v) is 11.1. The molecule has 0 spiro atoms. The molecule has 5 nitrogen and oxygen atoms in total. The van der Waals surface area contributed by atoms with Crippen molar-refractivity contribution in [2.75, 3.05) is 25.0 Å². The van der Waals surface area contributed by atoms with E-state index in [-0.39, 0.29) is 5.82 Å². The van der Waals surface area contributed by atoms with Crippen molar-refractivity contribution in [3.05, 3.63) is 77.1 Å². The largest absolute Gasteiger partial charge is 0.320 e. The van der Waals surface area contributed by atoms with Crippen LogP contribution in [0.1, 0.15) is 16.9 Å². The number of aromatic nitrogens is 2. The predicted molar refractivity (Wildman–Crippen MR) is 127 cm³/mol. The molecule has 0 fully saturated rings. The third-order valence-electron chi connectivity index (χ3n) is 5.64. The Hall–Kier alpha value is -3.60. The van der Waals surface area contributed by atoms with Gasteiger partial charge in [0.15, 0.2) is 5.13 Å². The van der Waals surface area contributed by atoms with Crippen LogP contribution in [0.25, 0.3) is 27.7 Å². The standard InChI is InChI=1S/C25H20FN5S/c1-31(25-30-24(23(15-27)32-25)17-2-5-19(26)6-3-17)22-10-13-29-21-7-4-18(14-20(21)22)16-8-11-28-12-9-16/h2-8,10,13-14,28H,9,11-12H2,1H3. The van der Waals surface area contributed by atoms with Gasteiger partial charge >= 0.3 is 0 Å². The number of nitriles is 1. The third kappa shape index (κ3) is 3.75. The quantitative estimate of drug-likeness (QED) is 0.452. The number of anilines is 2. The second-order valence-electron chi connectivity index (χ2n) is 7.60. The molecule has 2 aromatic carbocycles. The number of nitrogens with one attached hydrogen (secondary N) is 1. The van der Waals surface area contributed by atoms with E-state index in [1.165, 1.54) is 34.6 Å². The van der Waals surface area contributed by atoms with Crippen molar-refractivity contribution < 1.29 is 4.39 Å². The van der Waals surface area contributed by atoms with Crippen molar-refractivity contribution in [3.8, 4) is 17.3 Å². The van der Waals surface area contributed by atoms with Gasteiger partial charge in [0, 0.05) is 30.7 Å². The van der Waals surface area contributed by atoms with Gasteiger partial charge in [-0.2, -0.15) is 5.26 Å². The summed E-state index contributed by atoms with van der Waals surface area (Å²) in [5, 5.41) is 14.7. The molecule has 1 aliphatic heterocycles. The Morgan fingerprint density at radius 1 is 1.12 bits per heavy atom. The van der Waals surface area contributed by atoms with Gasteiger partial charge in [0.25, 0.3) is 0 Å². The zero-order chi connectivity index (χ0) is 22.1. The number of fused-ring (bicyclic) bond motifs is 1. The van der Waals surface area contributed by atoms with Gasteiger partial charge in [0.1, 0.15) is 22.5 Å². The number of nitrogens with zero attached hydrogens (tertiary/aromatic N) is 4. The van der Waals surface area contributed by atoms with Crippen molar-refractivity contribution in [2.24, 2.45) is 0 Å². The molecule has 1 N–H and O–H groups in total. The first-order chi connectivity index (χ1) is 15.6. The summed E-state index contributed by atoms with van der Waals surface area (Å²) in [5.41, 5.74) is 5.70. The lowest BCUT2D eigenvalue weighted by atomic mass is 9.98. The first kappa shape index (κ1) is 20.3. The summed E-state index contributed by atoms with van der Waals surface area (Å²) in [6.45, 7) is 1.86. The van der Waals surface area contributed by atoms with Crippen molar-refractivity contribution in [2.45, 2.75) is 6.42 Å². The van der Waals surface area contributed by atoms with E-state index in [4.69, 9.17) is 4.98 Å². The maximum atomic E-state index is 13.4. The fourth-order valence-corrected chi connectivity index (χ4v) is 4.80. The Balaban J connectivity index is 1.57. The summed E-state index contributed by atoms with van der Waals surface area (Å²) in [4.78, 5) is 11.8. The molecule has 3 heterocycles. The molecular formula is C25H20FN5S. The molecule has 158 valence electrons. The molecule has 0 bridgehead atoms. The third-order valence-corrected chi connectivity index (χ3v) is 6.67. The highest BCUT2D eigenvalue weighted by Gasteiger charge is 2.19. The highest BCUT2D eigenvalue weighted by atomic mass is 32.1. The van der Waals surface area contributed by atoms with E-state index in [0.717, 1.165) is 41.7 Å². The minimum Gasteiger partial charge on any atom is -0.320 e. The minimum atomic E-state index is -0.317. The van der Waals surface area contributed by atoms with Gasteiger partial charge in [-0.1, -0.05) is 23.5 Å². The van der Waals surface area contributed by atoms with Crippen LogP contribution in [0.4, 0.5) is 15.2 Å². The Labute approximate surface area is 189 Å². The summed E-state index contributed by atoms with van der Waals surface area (Å²) < 4.78 is 13.4. The van der Waals surface area contributed by atoms with Crippen LogP contribution < -0.4 is 10.2 Å². The average Bonchev–Trinajstić information content (AvgIpc) is 3.28. The van der Waals surface area contributed by atoms with Crippen molar-refractivity contribution in [3.63, 3.8) is 0 Å². The number of rotatable bonds is 4. The van der Waals surface area contributed by atoms with Gasteiger partial charge in [-0.05, 0) is 66.6 Å². The van der Waals surface area contributed by atoms with Gasteiger partial charge in [0.2, 0.25) is 0 Å². The molecule has 7 heteroatoms. The number of hydrogen-bond donors (Lipinski definition) is 1. The first-order valence-electron chi connectivity index (χ1n) is 10.3. The average molecular weight is 442 g/mol. The van der Waals surface area contributed by atoms with Gasteiger partial charge < -0.3 is 10.2 Å². The van der Waals surface area contributed by atoms with Gasteiger partial charge in [-0.25, -0.2) is 9.37 Å². The van der Waals surface area contributed by atoms with Gasteiger partial charge in [0.05, 0.1) is 11.2 Å². The highest BCUT2D eigenvalue weighted by Crippen LogP contribution is 2.38. The smallest absolute Gasteiger partial charge is 0.191 e. The van der Waals surface area contributed by atoms with Gasteiger partial charge in [-0.15, -0.1) is 0 Å². The Morgan fingerprint density at radius 2 is 1.94 bits per heavy atom. The van der Waals surface area contributed by atoms with E-state index in [0.29, 0.717) is 15.7 Å². The number of pyridine rings is 1. The van der Waals surface area contributed by atoms with E-state index in [9.17, 15) is 9.65 Å². The lowest BCUT2D eigenvalue weighted by Crippen LogP contribution is -2.20. The maximum Gasteiger partial charge on any atom is 0.191 e. The molecule has 0 aliphatic carbocycles. The monoisotopic (exact) mass is 441 g/mol. The minimum absolute atomic E-state index is 0.317. The number of thiazole rings is 1. The maximum absolute atomic E-state index is 13.4. The molecule has 0 atom stereocenters. The summed E-state index contributed by atoms with van der Waals surface area (Å²) in [6, 6.07) is 16.6. The van der Waals surface area contributed by atoms with Crippen LogP contribution >= 0.6 is 11.3 Å². The second kappa shape index (κ2) is 8.50. The van der Waals surface area contributed by atoms with E-state index in [1.54, 1.807) is 18.3 Å². The zero-order valence-electron chi connectivity index (χ0n) is 17.5. The van der Waals surface area contributed by atoms with Gasteiger partial charge in [-0.3, -0.25) is 4.98 Å². The molecule has 2 aromatic heterocycles. The Bertz CT molecular complexity index is 1370. The van der Waals surface area contributed by atoms with Crippen LogP contribution in [0.2, 0.25) is 0 Å². The molecule has 0 amide bonds. The summed E-state index contributed by atoms with van der Waals surface area (Å²) in [5.74, 6) is -0.317. The SMILES string of the molecule is CN(c1nc(-c2ccc(F)cc2)c(C#N)s1)c1ccnc2ccc(C3=CCNCC3)cc12. The summed E-state index contributed by atoms with van der Waals surface area (Å²) >= 11 is 1.32. The molecule has 5 rings (SSSR count). The molecule has 1 aliphatic rings. The zero-order valence-corrected chi connectivity index (χ0v) is 18.3. The summed E-state index contributed by atoms with van der Waals surface area (Å²) in [7, 11) is 1.94. The molecule has 0 radical (unpaired) electrons. The van der Waals surface area contributed by atoms with E-state index in [2.05, 4.69) is 40.6 Å². The second-order valence-corrected chi connectivity index (χ2v) is 8.57. The Morgan fingerprint density at radius 3 is 2.69 bits per heavy atom. The van der Waals surface area contributed by atoms with Crippen LogP contribution in [0.15, 0.2) is 60.8 Å². The Kier molecular flexibility index (Phi) is 5.39. The van der Waals surface area contributed by atoms with Crippen LogP contribution in [0.3, 0.4) is 0 Å². The number of benzene rings is 2. The topological polar surface area (TPSA) is 64.8 Å². The highest BCUT2D eigenvalue weighted by molar-refractivity contribution is 7.16. The van der Waals surface area contributed by atoms with E-state index >= 15 is 0 Å². The fraction of sp³-hybridized carbons (Fsp3) is 0.160. The van der Waals surface area contributed by atoms with Crippen LogP contribution in [-0.4, -0.2) is 30.1 Å².